The first-order chi connectivity index (χ1) is 9.08. The maximum absolute atomic E-state index is 11.0. The summed E-state index contributed by atoms with van der Waals surface area (Å²) in [5.41, 5.74) is 2.15. The van der Waals surface area contributed by atoms with Gasteiger partial charge in [-0.25, -0.2) is 9.78 Å². The van der Waals surface area contributed by atoms with Gasteiger partial charge in [-0.2, -0.15) is 0 Å². The highest BCUT2D eigenvalue weighted by Crippen LogP contribution is 2.38. The summed E-state index contributed by atoms with van der Waals surface area (Å²) in [4.78, 5) is 15.7. The smallest absolute Gasteiger partial charge is 0.335 e. The molecule has 1 N–H and O–H groups in total. The largest absolute Gasteiger partial charge is 0.478 e. The van der Waals surface area contributed by atoms with Gasteiger partial charge >= 0.3 is 5.97 Å². The number of carbonyl (C=O) groups is 1. The summed E-state index contributed by atoms with van der Waals surface area (Å²) in [7, 11) is 0. The molecule has 100 valence electrons. The topological polar surface area (TPSA) is 55.1 Å². The molecule has 3 rings (SSSR count). The highest BCUT2D eigenvalue weighted by atomic mass is 16.4. The van der Waals surface area contributed by atoms with Gasteiger partial charge in [0, 0.05) is 12.0 Å². The van der Waals surface area contributed by atoms with Crippen molar-refractivity contribution in [3.63, 3.8) is 0 Å². The van der Waals surface area contributed by atoms with E-state index < -0.39 is 5.97 Å². The second-order valence-corrected chi connectivity index (χ2v) is 5.57. The van der Waals surface area contributed by atoms with Crippen LogP contribution in [0.15, 0.2) is 18.2 Å². The van der Waals surface area contributed by atoms with Crippen LogP contribution in [-0.4, -0.2) is 20.6 Å². The molecular formula is C15H18N2O2. The molecule has 0 atom stereocenters. The number of imidazole rings is 1. The van der Waals surface area contributed by atoms with E-state index in [1.807, 2.05) is 6.07 Å². The predicted molar refractivity (Wildman–Crippen MR) is 73.7 cm³/mol. The molecule has 1 saturated carbocycles. The number of carboxylic acids is 1. The first kappa shape index (κ1) is 12.2. The minimum absolute atomic E-state index is 0.307. The van der Waals surface area contributed by atoms with Crippen molar-refractivity contribution in [2.75, 3.05) is 0 Å². The summed E-state index contributed by atoms with van der Waals surface area (Å²) >= 11 is 0. The Bertz CT molecular complexity index is 639. The minimum atomic E-state index is -0.897. The third kappa shape index (κ3) is 1.91. The van der Waals surface area contributed by atoms with Crippen LogP contribution < -0.4 is 0 Å². The molecular weight excluding hydrogens is 240 g/mol. The first-order valence-corrected chi connectivity index (χ1v) is 6.83. The lowest BCUT2D eigenvalue weighted by Gasteiger charge is -2.27. The van der Waals surface area contributed by atoms with Crippen molar-refractivity contribution in [1.82, 2.24) is 9.55 Å². The molecule has 1 aromatic carbocycles. The summed E-state index contributed by atoms with van der Waals surface area (Å²) in [6.07, 6.45) is 3.66. The van der Waals surface area contributed by atoms with Crippen LogP contribution in [0.2, 0.25) is 0 Å². The van der Waals surface area contributed by atoms with Gasteiger partial charge in [0.1, 0.15) is 5.82 Å². The van der Waals surface area contributed by atoms with Crippen molar-refractivity contribution < 1.29 is 9.90 Å². The van der Waals surface area contributed by atoms with Crippen LogP contribution in [0, 0.1) is 0 Å². The van der Waals surface area contributed by atoms with Crippen molar-refractivity contribution in [3.05, 3.63) is 29.6 Å². The zero-order chi connectivity index (χ0) is 13.6. The van der Waals surface area contributed by atoms with E-state index in [0.717, 1.165) is 16.9 Å². The van der Waals surface area contributed by atoms with Crippen LogP contribution in [0.5, 0.6) is 0 Å². The molecule has 19 heavy (non-hydrogen) atoms. The van der Waals surface area contributed by atoms with Crippen LogP contribution in [0.3, 0.4) is 0 Å². The van der Waals surface area contributed by atoms with Gasteiger partial charge in [-0.3, -0.25) is 0 Å². The summed E-state index contributed by atoms with van der Waals surface area (Å²) in [5, 5.41) is 9.06. The summed E-state index contributed by atoms with van der Waals surface area (Å²) in [6.45, 7) is 4.29. The highest BCUT2D eigenvalue weighted by molar-refractivity contribution is 5.92. The number of rotatable bonds is 3. The number of aromatic carboxylic acids is 1. The second kappa shape index (κ2) is 4.37. The van der Waals surface area contributed by atoms with Gasteiger partial charge in [0.15, 0.2) is 0 Å². The average molecular weight is 258 g/mol. The van der Waals surface area contributed by atoms with Crippen LogP contribution in [0.1, 0.15) is 61.3 Å². The van der Waals surface area contributed by atoms with Crippen molar-refractivity contribution in [1.29, 1.82) is 0 Å². The maximum Gasteiger partial charge on any atom is 0.335 e. The number of aromatic nitrogens is 2. The summed E-state index contributed by atoms with van der Waals surface area (Å²) in [5.74, 6) is 0.771. The highest BCUT2D eigenvalue weighted by Gasteiger charge is 2.26. The minimum Gasteiger partial charge on any atom is -0.478 e. The fraction of sp³-hybridized carbons (Fsp3) is 0.467. The monoisotopic (exact) mass is 258 g/mol. The molecule has 1 aliphatic rings. The summed E-state index contributed by atoms with van der Waals surface area (Å²) in [6, 6.07) is 5.57. The normalized spacial score (nSPS) is 15.9. The van der Waals surface area contributed by atoms with E-state index in [2.05, 4.69) is 18.4 Å². The van der Waals surface area contributed by atoms with E-state index in [-0.39, 0.29) is 0 Å². The lowest BCUT2D eigenvalue weighted by molar-refractivity contribution is 0.0697. The van der Waals surface area contributed by atoms with Crippen molar-refractivity contribution in [2.24, 2.45) is 0 Å². The maximum atomic E-state index is 11.0. The SMILES string of the molecule is CC(C)n1c(C2CCC2)nc2cc(C(=O)O)ccc21. The molecule has 0 unspecified atom stereocenters. The Hall–Kier alpha value is -1.84. The number of hydrogen-bond donors (Lipinski definition) is 1. The van der Waals surface area contributed by atoms with Gasteiger partial charge in [-0.1, -0.05) is 6.42 Å². The molecule has 2 aromatic rings. The standard InChI is InChI=1S/C15H18N2O2/c1-9(2)17-13-7-6-11(15(18)19)8-12(13)16-14(17)10-4-3-5-10/h6-10H,3-5H2,1-2H3,(H,18,19). The molecule has 1 fully saturated rings. The average Bonchev–Trinajstić information content (AvgIpc) is 2.63. The number of carboxylic acid groups (broad SMARTS) is 1. The van der Waals surface area contributed by atoms with E-state index in [1.54, 1.807) is 12.1 Å². The fourth-order valence-corrected chi connectivity index (χ4v) is 2.75. The zero-order valence-corrected chi connectivity index (χ0v) is 11.3. The van der Waals surface area contributed by atoms with Gasteiger partial charge < -0.3 is 9.67 Å². The Morgan fingerprint density at radius 3 is 2.68 bits per heavy atom. The van der Waals surface area contributed by atoms with Gasteiger partial charge in [0.2, 0.25) is 0 Å². The molecule has 1 heterocycles. The number of fused-ring (bicyclic) bond motifs is 1. The van der Waals surface area contributed by atoms with E-state index in [9.17, 15) is 4.79 Å². The third-order valence-electron chi connectivity index (χ3n) is 3.95. The fourth-order valence-electron chi connectivity index (χ4n) is 2.75. The first-order valence-electron chi connectivity index (χ1n) is 6.83. The molecule has 0 aliphatic heterocycles. The van der Waals surface area contributed by atoms with Crippen LogP contribution in [0.25, 0.3) is 11.0 Å². The Labute approximate surface area is 112 Å². The number of benzene rings is 1. The van der Waals surface area contributed by atoms with Crippen molar-refractivity contribution >= 4 is 17.0 Å². The molecule has 0 spiro atoms. The van der Waals surface area contributed by atoms with Gasteiger partial charge in [0.05, 0.1) is 16.6 Å². The molecule has 0 bridgehead atoms. The van der Waals surface area contributed by atoms with Gasteiger partial charge in [-0.15, -0.1) is 0 Å². The molecule has 0 amide bonds. The Balaban J connectivity index is 2.19. The summed E-state index contributed by atoms with van der Waals surface area (Å²) < 4.78 is 2.25. The Morgan fingerprint density at radius 2 is 2.16 bits per heavy atom. The predicted octanol–water partition coefficient (Wildman–Crippen LogP) is 3.58. The van der Waals surface area contributed by atoms with Crippen molar-refractivity contribution in [2.45, 2.75) is 45.1 Å². The Kier molecular flexibility index (Phi) is 2.81. The molecule has 0 radical (unpaired) electrons. The van der Waals surface area contributed by atoms with Gasteiger partial charge in [0.25, 0.3) is 0 Å². The van der Waals surface area contributed by atoms with E-state index in [4.69, 9.17) is 10.1 Å². The van der Waals surface area contributed by atoms with Crippen LogP contribution in [0.4, 0.5) is 0 Å². The molecule has 1 aromatic heterocycles. The number of nitrogens with zero attached hydrogens (tertiary/aromatic N) is 2. The second-order valence-electron chi connectivity index (χ2n) is 5.57. The van der Waals surface area contributed by atoms with Crippen LogP contribution >= 0.6 is 0 Å². The molecule has 0 saturated heterocycles. The Morgan fingerprint density at radius 1 is 1.42 bits per heavy atom. The third-order valence-corrected chi connectivity index (χ3v) is 3.95. The lowest BCUT2D eigenvalue weighted by Crippen LogP contribution is -2.16. The molecule has 4 heteroatoms. The lowest BCUT2D eigenvalue weighted by atomic mass is 9.84. The van der Waals surface area contributed by atoms with Crippen LogP contribution in [-0.2, 0) is 0 Å². The quantitative estimate of drug-likeness (QED) is 0.915. The zero-order valence-electron chi connectivity index (χ0n) is 11.3. The van der Waals surface area contributed by atoms with Gasteiger partial charge in [-0.05, 0) is 44.9 Å². The molecule has 4 nitrogen and oxygen atoms in total. The van der Waals surface area contributed by atoms with Crippen molar-refractivity contribution in [3.8, 4) is 0 Å². The number of hydrogen-bond acceptors (Lipinski definition) is 2. The molecule has 1 aliphatic carbocycles. The van der Waals surface area contributed by atoms with E-state index in [1.165, 1.54) is 19.3 Å². The van der Waals surface area contributed by atoms with E-state index >= 15 is 0 Å². The van der Waals surface area contributed by atoms with E-state index in [0.29, 0.717) is 17.5 Å².